The number of benzene rings is 2. The summed E-state index contributed by atoms with van der Waals surface area (Å²) in [5.74, 6) is 0.287. The van der Waals surface area contributed by atoms with Crippen molar-refractivity contribution in [2.75, 3.05) is 32.8 Å². The standard InChI is InChI=1S/C27H34N2O3/c1-20-16-21(2)18-24(17-20)23-7-5-22(6-8-23)19-27(9-14-32-15-10-27)26(31)28-11-13-29-12-3-4-25(29)30/h5-8,16-18H,3-4,9-15,19H2,1-2H3,(H,28,31). The fourth-order valence-electron chi connectivity index (χ4n) is 5.03. The molecule has 0 unspecified atom stereocenters. The van der Waals surface area contributed by atoms with Gasteiger partial charge in [0.2, 0.25) is 11.8 Å². The van der Waals surface area contributed by atoms with E-state index in [-0.39, 0.29) is 11.8 Å². The Morgan fingerprint density at radius 1 is 1.03 bits per heavy atom. The Bertz CT molecular complexity index is 941. The lowest BCUT2D eigenvalue weighted by Gasteiger charge is -2.36. The Hall–Kier alpha value is -2.66. The molecular formula is C27H34N2O3. The second-order valence-corrected chi connectivity index (χ2v) is 9.38. The lowest BCUT2D eigenvalue weighted by atomic mass is 9.74. The van der Waals surface area contributed by atoms with Gasteiger partial charge in [-0.3, -0.25) is 9.59 Å². The van der Waals surface area contributed by atoms with Gasteiger partial charge in [-0.15, -0.1) is 0 Å². The molecule has 2 aliphatic rings. The number of carbonyl (C=O) groups excluding carboxylic acids is 2. The van der Waals surface area contributed by atoms with Crippen molar-refractivity contribution in [3.05, 3.63) is 59.2 Å². The fraction of sp³-hybridized carbons (Fsp3) is 0.481. The molecule has 0 atom stereocenters. The molecule has 170 valence electrons. The maximum Gasteiger partial charge on any atom is 0.226 e. The molecule has 4 rings (SSSR count). The Labute approximate surface area is 191 Å². The Morgan fingerprint density at radius 2 is 1.72 bits per heavy atom. The lowest BCUT2D eigenvalue weighted by Crippen LogP contribution is -2.48. The van der Waals surface area contributed by atoms with Crippen molar-refractivity contribution in [2.24, 2.45) is 5.41 Å². The fourth-order valence-corrected chi connectivity index (χ4v) is 5.03. The first-order valence-corrected chi connectivity index (χ1v) is 11.8. The van der Waals surface area contributed by atoms with E-state index in [1.165, 1.54) is 27.8 Å². The number of aryl methyl sites for hydroxylation is 2. The van der Waals surface area contributed by atoms with E-state index in [1.54, 1.807) is 0 Å². The van der Waals surface area contributed by atoms with Crippen molar-refractivity contribution >= 4 is 11.8 Å². The average Bonchev–Trinajstić information content (AvgIpc) is 3.19. The molecule has 5 heteroatoms. The summed E-state index contributed by atoms with van der Waals surface area (Å²) in [5.41, 5.74) is 5.67. The molecular weight excluding hydrogens is 400 g/mol. The first kappa shape index (κ1) is 22.5. The summed E-state index contributed by atoms with van der Waals surface area (Å²) in [6.07, 6.45) is 3.71. The molecule has 2 aromatic carbocycles. The highest BCUT2D eigenvalue weighted by Crippen LogP contribution is 2.35. The number of nitrogens with zero attached hydrogens (tertiary/aromatic N) is 1. The molecule has 0 saturated carbocycles. The van der Waals surface area contributed by atoms with E-state index in [0.717, 1.165) is 25.8 Å². The van der Waals surface area contributed by atoms with Crippen LogP contribution in [-0.4, -0.2) is 49.6 Å². The van der Waals surface area contributed by atoms with Crippen LogP contribution in [-0.2, 0) is 20.7 Å². The summed E-state index contributed by atoms with van der Waals surface area (Å²) in [7, 11) is 0. The van der Waals surface area contributed by atoms with Crippen LogP contribution >= 0.6 is 0 Å². The summed E-state index contributed by atoms with van der Waals surface area (Å²) in [5, 5.41) is 3.12. The summed E-state index contributed by atoms with van der Waals surface area (Å²) >= 11 is 0. The monoisotopic (exact) mass is 434 g/mol. The number of nitrogens with one attached hydrogen (secondary N) is 1. The van der Waals surface area contributed by atoms with E-state index in [1.807, 2.05) is 4.90 Å². The number of likely N-dealkylation sites (tertiary alicyclic amines) is 1. The predicted octanol–water partition coefficient (Wildman–Crippen LogP) is 4.05. The summed E-state index contributed by atoms with van der Waals surface area (Å²) in [4.78, 5) is 26.9. The van der Waals surface area contributed by atoms with Crippen molar-refractivity contribution in [3.63, 3.8) is 0 Å². The number of hydrogen-bond acceptors (Lipinski definition) is 3. The highest BCUT2D eigenvalue weighted by Gasteiger charge is 2.40. The van der Waals surface area contributed by atoms with Crippen molar-refractivity contribution in [1.29, 1.82) is 0 Å². The molecule has 5 nitrogen and oxygen atoms in total. The van der Waals surface area contributed by atoms with Crippen LogP contribution in [0.4, 0.5) is 0 Å². The summed E-state index contributed by atoms with van der Waals surface area (Å²) in [6, 6.07) is 15.2. The van der Waals surface area contributed by atoms with Gasteiger partial charge in [-0.25, -0.2) is 0 Å². The first-order valence-electron chi connectivity index (χ1n) is 11.8. The molecule has 2 amide bonds. The number of carbonyl (C=O) groups is 2. The number of ether oxygens (including phenoxy) is 1. The predicted molar refractivity (Wildman–Crippen MR) is 126 cm³/mol. The maximum atomic E-state index is 13.3. The Kier molecular flexibility index (Phi) is 6.95. The van der Waals surface area contributed by atoms with Gasteiger partial charge in [0.15, 0.2) is 0 Å². The van der Waals surface area contributed by atoms with Gasteiger partial charge in [-0.2, -0.15) is 0 Å². The van der Waals surface area contributed by atoms with Gasteiger partial charge in [0.25, 0.3) is 0 Å². The quantitative estimate of drug-likeness (QED) is 0.715. The van der Waals surface area contributed by atoms with Crippen LogP contribution in [0.3, 0.4) is 0 Å². The molecule has 2 fully saturated rings. The van der Waals surface area contributed by atoms with Gasteiger partial charge in [-0.1, -0.05) is 53.6 Å². The average molecular weight is 435 g/mol. The zero-order valence-corrected chi connectivity index (χ0v) is 19.3. The van der Waals surface area contributed by atoms with Gasteiger partial charge < -0.3 is 15.0 Å². The van der Waals surface area contributed by atoms with E-state index in [2.05, 4.69) is 61.6 Å². The van der Waals surface area contributed by atoms with Gasteiger partial charge in [0.05, 0.1) is 5.41 Å². The highest BCUT2D eigenvalue weighted by atomic mass is 16.5. The Balaban J connectivity index is 1.43. The first-order chi connectivity index (χ1) is 15.4. The maximum absolute atomic E-state index is 13.3. The van der Waals surface area contributed by atoms with Crippen molar-refractivity contribution < 1.29 is 14.3 Å². The minimum atomic E-state index is -0.450. The summed E-state index contributed by atoms with van der Waals surface area (Å²) in [6.45, 7) is 7.38. The second kappa shape index (κ2) is 9.86. The number of hydrogen-bond donors (Lipinski definition) is 1. The van der Waals surface area contributed by atoms with Crippen LogP contribution in [0, 0.1) is 19.3 Å². The van der Waals surface area contributed by atoms with Crippen LogP contribution in [0.5, 0.6) is 0 Å². The van der Waals surface area contributed by atoms with E-state index in [4.69, 9.17) is 4.74 Å². The zero-order valence-electron chi connectivity index (χ0n) is 19.3. The van der Waals surface area contributed by atoms with Crippen LogP contribution < -0.4 is 5.32 Å². The topological polar surface area (TPSA) is 58.6 Å². The van der Waals surface area contributed by atoms with Crippen LogP contribution in [0.25, 0.3) is 11.1 Å². The normalized spacial score (nSPS) is 18.1. The van der Waals surface area contributed by atoms with Gasteiger partial charge in [0.1, 0.15) is 0 Å². The second-order valence-electron chi connectivity index (χ2n) is 9.38. The SMILES string of the molecule is Cc1cc(C)cc(-c2ccc(CC3(C(=O)NCCN4CCCC4=O)CCOCC3)cc2)c1. The smallest absolute Gasteiger partial charge is 0.226 e. The third kappa shape index (κ3) is 5.21. The van der Waals surface area contributed by atoms with E-state index in [9.17, 15) is 9.59 Å². The number of amides is 2. The molecule has 0 radical (unpaired) electrons. The third-order valence-corrected chi connectivity index (χ3v) is 6.82. The highest BCUT2D eigenvalue weighted by molar-refractivity contribution is 5.83. The van der Waals surface area contributed by atoms with Gasteiger partial charge >= 0.3 is 0 Å². The zero-order chi connectivity index (χ0) is 22.6. The van der Waals surface area contributed by atoms with Crippen LogP contribution in [0.2, 0.25) is 0 Å². The summed E-state index contributed by atoms with van der Waals surface area (Å²) < 4.78 is 5.58. The molecule has 32 heavy (non-hydrogen) atoms. The van der Waals surface area contributed by atoms with E-state index >= 15 is 0 Å². The molecule has 0 spiro atoms. The molecule has 1 N–H and O–H groups in total. The van der Waals surface area contributed by atoms with E-state index in [0.29, 0.717) is 39.1 Å². The van der Waals surface area contributed by atoms with Gasteiger partial charge in [-0.05, 0) is 56.2 Å². The Morgan fingerprint density at radius 3 is 2.34 bits per heavy atom. The van der Waals surface area contributed by atoms with Crippen molar-refractivity contribution in [1.82, 2.24) is 10.2 Å². The minimum absolute atomic E-state index is 0.0887. The van der Waals surface area contributed by atoms with Crippen molar-refractivity contribution in [2.45, 2.75) is 46.0 Å². The van der Waals surface area contributed by atoms with Gasteiger partial charge in [0, 0.05) is 39.3 Å². The van der Waals surface area contributed by atoms with Crippen LogP contribution in [0.1, 0.15) is 42.4 Å². The number of rotatable bonds is 7. The molecule has 0 aromatic heterocycles. The third-order valence-electron chi connectivity index (χ3n) is 6.82. The molecule has 2 heterocycles. The molecule has 0 bridgehead atoms. The largest absolute Gasteiger partial charge is 0.381 e. The molecule has 2 aliphatic heterocycles. The van der Waals surface area contributed by atoms with Crippen molar-refractivity contribution in [3.8, 4) is 11.1 Å². The van der Waals surface area contributed by atoms with E-state index < -0.39 is 5.41 Å². The molecule has 2 saturated heterocycles. The van der Waals surface area contributed by atoms with Crippen LogP contribution in [0.15, 0.2) is 42.5 Å². The molecule has 2 aromatic rings. The lowest BCUT2D eigenvalue weighted by molar-refractivity contribution is -0.137. The molecule has 0 aliphatic carbocycles. The minimum Gasteiger partial charge on any atom is -0.381 e.